The third-order valence-corrected chi connectivity index (χ3v) is 1.68. The van der Waals surface area contributed by atoms with Crippen LogP contribution in [0.25, 0.3) is 0 Å². The van der Waals surface area contributed by atoms with Crippen LogP contribution in [0.4, 0.5) is 0 Å². The summed E-state index contributed by atoms with van der Waals surface area (Å²) in [5, 5.41) is 0. The molecule has 0 unspecified atom stereocenters. The van der Waals surface area contributed by atoms with Crippen molar-refractivity contribution in [2.75, 3.05) is 0 Å². The zero-order chi connectivity index (χ0) is 9.35. The van der Waals surface area contributed by atoms with Crippen molar-refractivity contribution in [1.82, 2.24) is 9.97 Å². The Morgan fingerprint density at radius 1 is 1.33 bits per heavy atom. The van der Waals surface area contributed by atoms with Gasteiger partial charge in [0, 0.05) is 6.20 Å². The topological polar surface area (TPSA) is 51.8 Å². The maximum Gasteiger partial charge on any atom is 0.0808 e. The van der Waals surface area contributed by atoms with Crippen LogP contribution in [0.5, 0.6) is 0 Å². The van der Waals surface area contributed by atoms with Gasteiger partial charge in [0.25, 0.3) is 0 Å². The minimum atomic E-state index is -0.398. The van der Waals surface area contributed by atoms with Gasteiger partial charge in [-0.2, -0.15) is 0 Å². The van der Waals surface area contributed by atoms with Crippen LogP contribution < -0.4 is 5.73 Å². The summed E-state index contributed by atoms with van der Waals surface area (Å²) in [4.78, 5) is 8.56. The molecule has 0 aromatic carbocycles. The van der Waals surface area contributed by atoms with Crippen LogP contribution in [0.2, 0.25) is 0 Å². The van der Waals surface area contributed by atoms with E-state index in [1.807, 2.05) is 27.7 Å². The first-order valence-corrected chi connectivity index (χ1v) is 4.01. The van der Waals surface area contributed by atoms with Crippen LogP contribution in [-0.4, -0.2) is 9.97 Å². The molecular weight excluding hydrogens is 150 g/mol. The Labute approximate surface area is 73.0 Å². The zero-order valence-corrected chi connectivity index (χ0v) is 8.05. The van der Waals surface area contributed by atoms with Gasteiger partial charge in [0.1, 0.15) is 0 Å². The van der Waals surface area contributed by atoms with Crippen molar-refractivity contribution in [2.45, 2.75) is 33.2 Å². The number of rotatable bonds is 1. The van der Waals surface area contributed by atoms with E-state index >= 15 is 0 Å². The van der Waals surface area contributed by atoms with E-state index in [1.165, 1.54) is 0 Å². The van der Waals surface area contributed by atoms with Crippen LogP contribution in [0.15, 0.2) is 6.20 Å². The van der Waals surface area contributed by atoms with Crippen LogP contribution in [0.1, 0.15) is 30.9 Å². The Bertz CT molecular complexity index is 286. The van der Waals surface area contributed by atoms with Gasteiger partial charge in [-0.15, -0.1) is 0 Å². The molecule has 0 fully saturated rings. The molecule has 1 heterocycles. The van der Waals surface area contributed by atoms with Crippen molar-refractivity contribution >= 4 is 0 Å². The van der Waals surface area contributed by atoms with Crippen LogP contribution >= 0.6 is 0 Å². The summed E-state index contributed by atoms with van der Waals surface area (Å²) in [6, 6.07) is 0. The summed E-state index contributed by atoms with van der Waals surface area (Å²) in [5.41, 5.74) is 8.23. The maximum atomic E-state index is 5.91. The van der Waals surface area contributed by atoms with Crippen molar-refractivity contribution in [3.8, 4) is 0 Å². The molecule has 66 valence electrons. The fourth-order valence-electron chi connectivity index (χ4n) is 1.23. The molecule has 0 saturated heterocycles. The summed E-state index contributed by atoms with van der Waals surface area (Å²) >= 11 is 0. The third-order valence-electron chi connectivity index (χ3n) is 1.68. The smallest absolute Gasteiger partial charge is 0.0808 e. The number of aryl methyl sites for hydroxylation is 2. The van der Waals surface area contributed by atoms with Crippen molar-refractivity contribution in [2.24, 2.45) is 5.73 Å². The second-order valence-electron chi connectivity index (χ2n) is 3.67. The fraction of sp³-hybridized carbons (Fsp3) is 0.556. The molecule has 1 aromatic heterocycles. The van der Waals surface area contributed by atoms with Crippen molar-refractivity contribution in [3.05, 3.63) is 23.3 Å². The molecule has 0 aliphatic carbocycles. The Morgan fingerprint density at radius 2 is 1.92 bits per heavy atom. The Balaban J connectivity index is 3.19. The van der Waals surface area contributed by atoms with E-state index in [1.54, 1.807) is 6.20 Å². The van der Waals surface area contributed by atoms with E-state index in [0.717, 1.165) is 17.1 Å². The van der Waals surface area contributed by atoms with Gasteiger partial charge in [-0.05, 0) is 27.7 Å². The minimum Gasteiger partial charge on any atom is -0.321 e. The normalized spacial score (nSPS) is 11.8. The van der Waals surface area contributed by atoms with Crippen LogP contribution in [-0.2, 0) is 5.54 Å². The zero-order valence-electron chi connectivity index (χ0n) is 8.05. The highest BCUT2D eigenvalue weighted by Crippen LogP contribution is 2.16. The lowest BCUT2D eigenvalue weighted by Crippen LogP contribution is -2.31. The Kier molecular flexibility index (Phi) is 2.15. The quantitative estimate of drug-likeness (QED) is 0.682. The second kappa shape index (κ2) is 2.83. The first-order valence-electron chi connectivity index (χ1n) is 4.01. The predicted molar refractivity (Wildman–Crippen MR) is 48.7 cm³/mol. The molecule has 0 radical (unpaired) electrons. The average Bonchev–Trinajstić information content (AvgIpc) is 1.83. The molecule has 0 atom stereocenters. The van der Waals surface area contributed by atoms with Crippen LogP contribution in [0, 0.1) is 13.8 Å². The number of nitrogens with zero attached hydrogens (tertiary/aromatic N) is 2. The SMILES string of the molecule is Cc1cnc(C(C)(C)N)c(C)n1. The summed E-state index contributed by atoms with van der Waals surface area (Å²) in [7, 11) is 0. The number of aromatic nitrogens is 2. The molecule has 0 spiro atoms. The molecule has 3 nitrogen and oxygen atoms in total. The number of hydrogen-bond acceptors (Lipinski definition) is 3. The molecule has 2 N–H and O–H groups in total. The van der Waals surface area contributed by atoms with E-state index in [9.17, 15) is 0 Å². The molecular formula is C9H15N3. The third kappa shape index (κ3) is 1.80. The average molecular weight is 165 g/mol. The first kappa shape index (κ1) is 9.13. The highest BCUT2D eigenvalue weighted by Gasteiger charge is 2.18. The highest BCUT2D eigenvalue weighted by molar-refractivity contribution is 5.18. The van der Waals surface area contributed by atoms with Crippen molar-refractivity contribution < 1.29 is 0 Å². The van der Waals surface area contributed by atoms with E-state index < -0.39 is 5.54 Å². The molecule has 0 aliphatic rings. The lowest BCUT2D eigenvalue weighted by Gasteiger charge is -2.19. The maximum absolute atomic E-state index is 5.91. The second-order valence-corrected chi connectivity index (χ2v) is 3.67. The van der Waals surface area contributed by atoms with Gasteiger partial charge in [-0.3, -0.25) is 9.97 Å². The minimum absolute atomic E-state index is 0.398. The van der Waals surface area contributed by atoms with Gasteiger partial charge >= 0.3 is 0 Å². The Morgan fingerprint density at radius 3 is 2.33 bits per heavy atom. The van der Waals surface area contributed by atoms with Crippen LogP contribution in [0.3, 0.4) is 0 Å². The van der Waals surface area contributed by atoms with Gasteiger partial charge < -0.3 is 5.73 Å². The van der Waals surface area contributed by atoms with Gasteiger partial charge in [0.05, 0.1) is 22.6 Å². The molecule has 0 saturated carbocycles. The van der Waals surface area contributed by atoms with Gasteiger partial charge in [-0.1, -0.05) is 0 Å². The molecule has 0 amide bonds. The standard InChI is InChI=1S/C9H15N3/c1-6-5-11-8(7(2)12-6)9(3,4)10/h5H,10H2,1-4H3. The van der Waals surface area contributed by atoms with E-state index in [2.05, 4.69) is 9.97 Å². The molecule has 3 heteroatoms. The molecule has 1 rings (SSSR count). The van der Waals surface area contributed by atoms with Gasteiger partial charge in [0.15, 0.2) is 0 Å². The predicted octanol–water partition coefficient (Wildman–Crippen LogP) is 1.29. The number of hydrogen-bond donors (Lipinski definition) is 1. The lowest BCUT2D eigenvalue weighted by atomic mass is 10.0. The fourth-order valence-corrected chi connectivity index (χ4v) is 1.23. The molecule has 0 aliphatic heterocycles. The largest absolute Gasteiger partial charge is 0.321 e. The summed E-state index contributed by atoms with van der Waals surface area (Å²) in [6.45, 7) is 7.72. The van der Waals surface area contributed by atoms with E-state index in [-0.39, 0.29) is 0 Å². The highest BCUT2D eigenvalue weighted by atomic mass is 14.9. The summed E-state index contributed by atoms with van der Waals surface area (Å²) in [6.07, 6.45) is 1.75. The lowest BCUT2D eigenvalue weighted by molar-refractivity contribution is 0.526. The monoisotopic (exact) mass is 165 g/mol. The van der Waals surface area contributed by atoms with E-state index in [0.29, 0.717) is 0 Å². The van der Waals surface area contributed by atoms with Gasteiger partial charge in [0.2, 0.25) is 0 Å². The summed E-state index contributed by atoms with van der Waals surface area (Å²) in [5.74, 6) is 0. The van der Waals surface area contributed by atoms with E-state index in [4.69, 9.17) is 5.73 Å². The first-order chi connectivity index (χ1) is 5.41. The van der Waals surface area contributed by atoms with Crippen molar-refractivity contribution in [1.29, 1.82) is 0 Å². The molecule has 1 aromatic rings. The Hall–Kier alpha value is -0.960. The number of nitrogens with two attached hydrogens (primary N) is 1. The van der Waals surface area contributed by atoms with Crippen molar-refractivity contribution in [3.63, 3.8) is 0 Å². The molecule has 0 bridgehead atoms. The van der Waals surface area contributed by atoms with Gasteiger partial charge in [-0.25, -0.2) is 0 Å². The summed E-state index contributed by atoms with van der Waals surface area (Å²) < 4.78 is 0. The molecule has 12 heavy (non-hydrogen) atoms.